The van der Waals surface area contributed by atoms with Gasteiger partial charge < -0.3 is 9.80 Å². The van der Waals surface area contributed by atoms with Crippen molar-refractivity contribution in [2.75, 3.05) is 9.80 Å². The van der Waals surface area contributed by atoms with Gasteiger partial charge in [0.05, 0.1) is 5.69 Å². The predicted molar refractivity (Wildman–Crippen MR) is 257 cm³/mol. The lowest BCUT2D eigenvalue weighted by Gasteiger charge is -2.32. The molecule has 2 aliphatic rings. The molecule has 60 heavy (non-hydrogen) atoms. The van der Waals surface area contributed by atoms with Crippen molar-refractivity contribution in [3.63, 3.8) is 0 Å². The monoisotopic (exact) mass is 778 g/mol. The van der Waals surface area contributed by atoms with Crippen LogP contribution in [0.3, 0.4) is 0 Å². The average molecular weight is 779 g/mol. The number of anilines is 6. The van der Waals surface area contributed by atoms with Gasteiger partial charge >= 0.3 is 0 Å². The molecule has 8 aromatic carbocycles. The van der Waals surface area contributed by atoms with Gasteiger partial charge in [-0.3, -0.25) is 0 Å². The van der Waals surface area contributed by atoms with E-state index in [2.05, 4.69) is 235 Å². The smallest absolute Gasteiger partial charge is 0.0624 e. The van der Waals surface area contributed by atoms with Crippen molar-refractivity contribution in [1.29, 1.82) is 0 Å². The molecule has 0 saturated heterocycles. The van der Waals surface area contributed by atoms with Gasteiger partial charge in [-0.05, 0) is 133 Å². The van der Waals surface area contributed by atoms with Crippen molar-refractivity contribution < 1.29 is 0 Å². The van der Waals surface area contributed by atoms with Crippen LogP contribution >= 0.6 is 0 Å². The van der Waals surface area contributed by atoms with Gasteiger partial charge in [0.2, 0.25) is 0 Å². The highest BCUT2D eigenvalue weighted by atomic mass is 15.2. The summed E-state index contributed by atoms with van der Waals surface area (Å²) >= 11 is 0. The molecule has 0 aromatic heterocycles. The highest BCUT2D eigenvalue weighted by molar-refractivity contribution is 6.07. The van der Waals surface area contributed by atoms with E-state index >= 15 is 0 Å². The summed E-state index contributed by atoms with van der Waals surface area (Å²) in [4.78, 5) is 4.97. The SMILES string of the molecule is CC(C)(C)c1ccc(N(c2ccccc2)c2ccc3c(c2)C(C)(C)c2cc4c(c(N(c5ccccc5)c5ccc(C(C)(C)C)cc5)c2-3)-c2ccc3ccccc3c2C4)cc1. The molecule has 0 N–H and O–H groups in total. The van der Waals surface area contributed by atoms with E-state index < -0.39 is 0 Å². The Labute approximate surface area is 356 Å². The van der Waals surface area contributed by atoms with E-state index in [9.17, 15) is 0 Å². The van der Waals surface area contributed by atoms with Gasteiger partial charge in [0.1, 0.15) is 0 Å². The maximum atomic E-state index is 2.56. The third-order valence-electron chi connectivity index (χ3n) is 13.2. The molecule has 2 heteroatoms. The molecule has 0 amide bonds. The number of nitrogens with zero attached hydrogens (tertiary/aromatic N) is 2. The van der Waals surface area contributed by atoms with Gasteiger partial charge in [0.15, 0.2) is 0 Å². The second kappa shape index (κ2) is 13.8. The standard InChI is InChI=1S/C58H54N2/c1-56(2,3)40-24-28-44(29-25-40)59(42-18-11-9-12-19-42)46-32-34-49-51(37-46)58(7,8)52-36-39-35-50-47-22-16-15-17-38(47)23-33-48(50)53(39)55(54(49)52)60(43-20-13-10-14-21-43)45-30-26-41(27-31-45)57(4,5)6/h9-34,36-37H,35H2,1-8H3. The molecule has 2 nitrogen and oxygen atoms in total. The topological polar surface area (TPSA) is 6.48 Å². The Hall–Kier alpha value is -6.38. The van der Waals surface area contributed by atoms with Crippen LogP contribution in [0.2, 0.25) is 0 Å². The minimum absolute atomic E-state index is 0.0499. The zero-order valence-corrected chi connectivity index (χ0v) is 36.3. The maximum Gasteiger partial charge on any atom is 0.0624 e. The second-order valence-corrected chi connectivity index (χ2v) is 19.5. The summed E-state index contributed by atoms with van der Waals surface area (Å²) in [5.41, 5.74) is 20.4. The van der Waals surface area contributed by atoms with Crippen LogP contribution < -0.4 is 9.80 Å². The van der Waals surface area contributed by atoms with E-state index in [1.54, 1.807) is 0 Å². The lowest BCUT2D eigenvalue weighted by Crippen LogP contribution is -2.18. The molecule has 0 unspecified atom stereocenters. The Kier molecular flexibility index (Phi) is 8.74. The van der Waals surface area contributed by atoms with Crippen LogP contribution in [-0.4, -0.2) is 0 Å². The Balaban J connectivity index is 1.24. The summed E-state index contributed by atoms with van der Waals surface area (Å²) in [6, 6.07) is 63.7. The van der Waals surface area contributed by atoms with E-state index in [4.69, 9.17) is 0 Å². The van der Waals surface area contributed by atoms with E-state index in [-0.39, 0.29) is 16.2 Å². The van der Waals surface area contributed by atoms with Gasteiger partial charge in [0.25, 0.3) is 0 Å². The minimum Gasteiger partial charge on any atom is -0.310 e. The quantitative estimate of drug-likeness (QED) is 0.166. The first-order valence-corrected chi connectivity index (χ1v) is 21.6. The van der Waals surface area contributed by atoms with Crippen molar-refractivity contribution >= 4 is 44.9 Å². The van der Waals surface area contributed by atoms with Gasteiger partial charge in [0, 0.05) is 45.0 Å². The van der Waals surface area contributed by atoms with E-state index in [0.717, 1.165) is 34.9 Å². The van der Waals surface area contributed by atoms with Gasteiger partial charge in [-0.2, -0.15) is 0 Å². The van der Waals surface area contributed by atoms with Crippen LogP contribution in [0, 0.1) is 0 Å². The Morgan fingerprint density at radius 3 is 1.53 bits per heavy atom. The first-order valence-electron chi connectivity index (χ1n) is 21.6. The molecule has 296 valence electrons. The highest BCUT2D eigenvalue weighted by Crippen LogP contribution is 2.61. The summed E-state index contributed by atoms with van der Waals surface area (Å²) in [6.07, 6.45) is 0.905. The summed E-state index contributed by atoms with van der Waals surface area (Å²) in [6.45, 7) is 18.6. The number of hydrogen-bond donors (Lipinski definition) is 0. The molecule has 0 radical (unpaired) electrons. The molecule has 0 bridgehead atoms. The zero-order chi connectivity index (χ0) is 41.6. The Morgan fingerprint density at radius 1 is 0.433 bits per heavy atom. The minimum atomic E-state index is -0.266. The summed E-state index contributed by atoms with van der Waals surface area (Å²) in [5.74, 6) is 0. The first kappa shape index (κ1) is 37.9. The van der Waals surface area contributed by atoms with Crippen LogP contribution in [-0.2, 0) is 22.7 Å². The molecule has 0 heterocycles. The molecular weight excluding hydrogens is 725 g/mol. The number of hydrogen-bond acceptors (Lipinski definition) is 2. The summed E-state index contributed by atoms with van der Waals surface area (Å²) in [7, 11) is 0. The van der Waals surface area contributed by atoms with Crippen LogP contribution in [0.25, 0.3) is 33.0 Å². The van der Waals surface area contributed by atoms with E-state index in [1.165, 1.54) is 72.1 Å². The number of benzene rings is 8. The lowest BCUT2D eigenvalue weighted by atomic mass is 9.81. The van der Waals surface area contributed by atoms with Crippen LogP contribution in [0.15, 0.2) is 170 Å². The lowest BCUT2D eigenvalue weighted by molar-refractivity contribution is 0.590. The molecule has 8 aromatic rings. The first-order chi connectivity index (χ1) is 28.8. The molecule has 0 spiro atoms. The molecule has 0 aliphatic heterocycles. The van der Waals surface area contributed by atoms with Crippen LogP contribution in [0.1, 0.15) is 88.8 Å². The summed E-state index contributed by atoms with van der Waals surface area (Å²) < 4.78 is 0. The number of fused-ring (bicyclic) bond motifs is 8. The highest BCUT2D eigenvalue weighted by Gasteiger charge is 2.42. The van der Waals surface area contributed by atoms with Crippen LogP contribution in [0.4, 0.5) is 34.1 Å². The second-order valence-electron chi connectivity index (χ2n) is 19.5. The third kappa shape index (κ3) is 6.15. The molecule has 10 rings (SSSR count). The summed E-state index contributed by atoms with van der Waals surface area (Å²) in [5, 5.41) is 2.64. The van der Waals surface area contributed by atoms with E-state index in [1.807, 2.05) is 0 Å². The largest absolute Gasteiger partial charge is 0.310 e. The van der Waals surface area contributed by atoms with Gasteiger partial charge in [-0.1, -0.05) is 165 Å². The maximum absolute atomic E-state index is 2.56. The number of para-hydroxylation sites is 2. The molecule has 0 atom stereocenters. The third-order valence-corrected chi connectivity index (χ3v) is 13.2. The fraction of sp³-hybridized carbons (Fsp3) is 0.207. The van der Waals surface area contributed by atoms with Crippen LogP contribution in [0.5, 0.6) is 0 Å². The fourth-order valence-corrected chi connectivity index (χ4v) is 9.88. The fourth-order valence-electron chi connectivity index (χ4n) is 9.88. The van der Waals surface area contributed by atoms with Crippen molar-refractivity contribution in [3.8, 4) is 22.3 Å². The number of rotatable bonds is 6. The Bertz CT molecular complexity index is 2910. The molecule has 2 aliphatic carbocycles. The molecule has 0 fully saturated rings. The van der Waals surface area contributed by atoms with E-state index in [0.29, 0.717) is 0 Å². The zero-order valence-electron chi connectivity index (χ0n) is 36.3. The Morgan fingerprint density at radius 2 is 0.933 bits per heavy atom. The van der Waals surface area contributed by atoms with Crippen molar-refractivity contribution in [2.45, 2.75) is 78.1 Å². The van der Waals surface area contributed by atoms with Crippen molar-refractivity contribution in [3.05, 3.63) is 203 Å². The average Bonchev–Trinajstić information content (AvgIpc) is 3.73. The van der Waals surface area contributed by atoms with Gasteiger partial charge in [-0.15, -0.1) is 0 Å². The predicted octanol–water partition coefficient (Wildman–Crippen LogP) is 16.3. The van der Waals surface area contributed by atoms with Crippen molar-refractivity contribution in [1.82, 2.24) is 0 Å². The molecular formula is C58H54N2. The van der Waals surface area contributed by atoms with Crippen molar-refractivity contribution in [2.24, 2.45) is 0 Å². The van der Waals surface area contributed by atoms with Gasteiger partial charge in [-0.25, -0.2) is 0 Å². The molecule has 0 saturated carbocycles. The normalized spacial score (nSPS) is 13.7.